The standard InChI is InChI=1S/C22H18F4N4O4/c1-11(31)10-30-19-17(20(32)28-21(30)33)29(2)18(27-19)12-3-5-13(6-4-12)34-14-7-8-16(23)15(9-14)22(24,25)26/h3-9,11,31H,10H2,1-2H3,(H,28,32,33). The van der Waals surface area contributed by atoms with Crippen LogP contribution in [0.4, 0.5) is 17.6 Å². The number of nitrogens with zero attached hydrogens (tertiary/aromatic N) is 3. The Bertz CT molecular complexity index is 1480. The Morgan fingerprint density at radius 2 is 1.76 bits per heavy atom. The lowest BCUT2D eigenvalue weighted by Crippen LogP contribution is -2.33. The molecule has 2 aromatic heterocycles. The first kappa shape index (κ1) is 23.2. The van der Waals surface area contributed by atoms with Crippen LogP contribution in [0.2, 0.25) is 0 Å². The largest absolute Gasteiger partial charge is 0.457 e. The summed E-state index contributed by atoms with van der Waals surface area (Å²) in [5.74, 6) is -1.08. The van der Waals surface area contributed by atoms with E-state index in [4.69, 9.17) is 4.74 Å². The maximum absolute atomic E-state index is 13.5. The fourth-order valence-corrected chi connectivity index (χ4v) is 3.53. The van der Waals surface area contributed by atoms with E-state index in [0.29, 0.717) is 23.5 Å². The van der Waals surface area contributed by atoms with Gasteiger partial charge in [0.15, 0.2) is 11.2 Å². The van der Waals surface area contributed by atoms with Crippen LogP contribution in [0.5, 0.6) is 11.5 Å². The molecule has 2 heterocycles. The van der Waals surface area contributed by atoms with Gasteiger partial charge in [0, 0.05) is 12.6 Å². The van der Waals surface area contributed by atoms with Crippen LogP contribution in [0.25, 0.3) is 22.6 Å². The number of aryl methyl sites for hydroxylation is 1. The maximum Gasteiger partial charge on any atom is 0.419 e. The minimum atomic E-state index is -4.86. The second-order valence-corrected chi connectivity index (χ2v) is 7.65. The number of rotatable bonds is 5. The summed E-state index contributed by atoms with van der Waals surface area (Å²) in [4.78, 5) is 31.2. The number of aromatic amines is 1. The second-order valence-electron chi connectivity index (χ2n) is 7.65. The zero-order valence-electron chi connectivity index (χ0n) is 17.9. The van der Waals surface area contributed by atoms with E-state index in [2.05, 4.69) is 9.97 Å². The second kappa shape index (κ2) is 8.45. The van der Waals surface area contributed by atoms with Gasteiger partial charge in [0.1, 0.15) is 23.1 Å². The van der Waals surface area contributed by atoms with Gasteiger partial charge in [-0.3, -0.25) is 14.3 Å². The van der Waals surface area contributed by atoms with Crippen molar-refractivity contribution >= 4 is 11.2 Å². The van der Waals surface area contributed by atoms with Crippen LogP contribution in [0.15, 0.2) is 52.1 Å². The quantitative estimate of drug-likeness (QED) is 0.428. The number of nitrogens with one attached hydrogen (secondary N) is 1. The summed E-state index contributed by atoms with van der Waals surface area (Å²) in [7, 11) is 1.58. The summed E-state index contributed by atoms with van der Waals surface area (Å²) in [5.41, 5.74) is -2.03. The Morgan fingerprint density at radius 3 is 2.38 bits per heavy atom. The minimum Gasteiger partial charge on any atom is -0.457 e. The highest BCUT2D eigenvalue weighted by Crippen LogP contribution is 2.35. The number of hydrogen-bond acceptors (Lipinski definition) is 5. The third kappa shape index (κ3) is 4.31. The SMILES string of the molecule is CC(O)Cn1c(=O)[nH]c(=O)c2c1nc(-c1ccc(Oc3ccc(F)c(C(F)(F)F)c3)cc1)n2C. The van der Waals surface area contributed by atoms with Gasteiger partial charge in [0.05, 0.1) is 18.2 Å². The van der Waals surface area contributed by atoms with Gasteiger partial charge >= 0.3 is 11.9 Å². The summed E-state index contributed by atoms with van der Waals surface area (Å²) in [6.07, 6.45) is -5.72. The van der Waals surface area contributed by atoms with Gasteiger partial charge in [-0.2, -0.15) is 13.2 Å². The summed E-state index contributed by atoms with van der Waals surface area (Å²) in [5, 5.41) is 9.70. The van der Waals surface area contributed by atoms with Crippen molar-refractivity contribution < 1.29 is 27.4 Å². The minimum absolute atomic E-state index is 0.0765. The van der Waals surface area contributed by atoms with Crippen molar-refractivity contribution in [2.75, 3.05) is 0 Å². The van der Waals surface area contributed by atoms with Crippen molar-refractivity contribution in [3.05, 3.63) is 74.7 Å². The maximum atomic E-state index is 13.5. The molecule has 2 N–H and O–H groups in total. The molecule has 12 heteroatoms. The molecule has 0 aliphatic carbocycles. The predicted molar refractivity (Wildman–Crippen MR) is 114 cm³/mol. The molecule has 0 aliphatic heterocycles. The number of aromatic nitrogens is 4. The van der Waals surface area contributed by atoms with E-state index in [1.165, 1.54) is 23.6 Å². The molecule has 178 valence electrons. The van der Waals surface area contributed by atoms with Gasteiger partial charge in [0.2, 0.25) is 0 Å². The van der Waals surface area contributed by atoms with Crippen molar-refractivity contribution in [1.82, 2.24) is 19.1 Å². The summed E-state index contributed by atoms with van der Waals surface area (Å²) < 4.78 is 60.3. The number of fused-ring (bicyclic) bond motifs is 1. The molecular formula is C22H18F4N4O4. The topological polar surface area (TPSA) is 102 Å². The number of aliphatic hydroxyl groups is 1. The lowest BCUT2D eigenvalue weighted by Gasteiger charge is -2.11. The number of aliphatic hydroxyl groups excluding tert-OH is 1. The molecule has 8 nitrogen and oxygen atoms in total. The highest BCUT2D eigenvalue weighted by Gasteiger charge is 2.34. The highest BCUT2D eigenvalue weighted by atomic mass is 19.4. The van der Waals surface area contributed by atoms with Crippen LogP contribution in [0.1, 0.15) is 12.5 Å². The molecular weight excluding hydrogens is 460 g/mol. The molecule has 34 heavy (non-hydrogen) atoms. The van der Waals surface area contributed by atoms with Crippen molar-refractivity contribution in [3.8, 4) is 22.9 Å². The Balaban J connectivity index is 1.69. The first-order chi connectivity index (χ1) is 16.0. The number of alkyl halides is 3. The molecule has 0 bridgehead atoms. The summed E-state index contributed by atoms with van der Waals surface area (Å²) >= 11 is 0. The molecule has 0 saturated heterocycles. The smallest absolute Gasteiger partial charge is 0.419 e. The zero-order chi connectivity index (χ0) is 24.8. The molecule has 0 aliphatic rings. The lowest BCUT2D eigenvalue weighted by atomic mass is 10.2. The molecule has 4 rings (SSSR count). The van der Waals surface area contributed by atoms with Gasteiger partial charge < -0.3 is 14.4 Å². The third-order valence-electron chi connectivity index (χ3n) is 5.05. The number of benzene rings is 2. The van der Waals surface area contributed by atoms with Crippen molar-refractivity contribution in [1.29, 1.82) is 0 Å². The Labute approximate surface area is 188 Å². The molecule has 2 aromatic carbocycles. The number of halogens is 4. The average molecular weight is 478 g/mol. The number of hydrogen-bond donors (Lipinski definition) is 2. The van der Waals surface area contributed by atoms with Crippen LogP contribution in [0, 0.1) is 5.82 Å². The molecule has 1 atom stereocenters. The van der Waals surface area contributed by atoms with E-state index in [0.717, 1.165) is 10.6 Å². The van der Waals surface area contributed by atoms with E-state index in [1.54, 1.807) is 19.2 Å². The highest BCUT2D eigenvalue weighted by molar-refractivity contribution is 5.76. The van der Waals surface area contributed by atoms with Crippen LogP contribution in [-0.4, -0.2) is 30.3 Å². The molecule has 1 unspecified atom stereocenters. The average Bonchev–Trinajstić information content (AvgIpc) is 3.09. The molecule has 0 radical (unpaired) electrons. The molecule has 0 spiro atoms. The van der Waals surface area contributed by atoms with E-state index in [-0.39, 0.29) is 29.2 Å². The van der Waals surface area contributed by atoms with Crippen molar-refractivity contribution in [2.45, 2.75) is 25.7 Å². The summed E-state index contributed by atoms with van der Waals surface area (Å²) in [6, 6.07) is 8.40. The zero-order valence-corrected chi connectivity index (χ0v) is 17.9. The van der Waals surface area contributed by atoms with E-state index < -0.39 is 34.9 Å². The van der Waals surface area contributed by atoms with E-state index in [1.807, 2.05) is 0 Å². The molecule has 0 saturated carbocycles. The van der Waals surface area contributed by atoms with Gasteiger partial charge in [0.25, 0.3) is 5.56 Å². The summed E-state index contributed by atoms with van der Waals surface area (Å²) in [6.45, 7) is 1.41. The molecule has 0 fully saturated rings. The van der Waals surface area contributed by atoms with Gasteiger partial charge in [-0.05, 0) is 49.4 Å². The van der Waals surface area contributed by atoms with Gasteiger partial charge in [-0.1, -0.05) is 0 Å². The van der Waals surface area contributed by atoms with Crippen molar-refractivity contribution in [2.24, 2.45) is 7.05 Å². The number of imidazole rings is 1. The third-order valence-corrected chi connectivity index (χ3v) is 5.05. The van der Waals surface area contributed by atoms with Gasteiger partial charge in [-0.15, -0.1) is 0 Å². The Kier molecular flexibility index (Phi) is 5.77. The Morgan fingerprint density at radius 1 is 1.12 bits per heavy atom. The van der Waals surface area contributed by atoms with Crippen molar-refractivity contribution in [3.63, 3.8) is 0 Å². The fourth-order valence-electron chi connectivity index (χ4n) is 3.53. The Hall–Kier alpha value is -3.93. The van der Waals surface area contributed by atoms with Crippen LogP contribution < -0.4 is 16.0 Å². The first-order valence-electron chi connectivity index (χ1n) is 9.98. The van der Waals surface area contributed by atoms with E-state index >= 15 is 0 Å². The van der Waals surface area contributed by atoms with Gasteiger partial charge in [-0.25, -0.2) is 14.2 Å². The van der Waals surface area contributed by atoms with Crippen LogP contribution in [-0.2, 0) is 19.8 Å². The van der Waals surface area contributed by atoms with Crippen LogP contribution >= 0.6 is 0 Å². The monoisotopic (exact) mass is 478 g/mol. The number of H-pyrrole nitrogens is 1. The van der Waals surface area contributed by atoms with Crippen LogP contribution in [0.3, 0.4) is 0 Å². The molecule has 0 amide bonds. The predicted octanol–water partition coefficient (Wildman–Crippen LogP) is 3.42. The molecule has 4 aromatic rings. The van der Waals surface area contributed by atoms with E-state index in [9.17, 15) is 32.3 Å². The first-order valence-corrected chi connectivity index (χ1v) is 9.98. The lowest BCUT2D eigenvalue weighted by molar-refractivity contribution is -0.140. The fraction of sp³-hybridized carbons (Fsp3) is 0.227. The number of ether oxygens (including phenoxy) is 1. The normalized spacial score (nSPS) is 12.8.